The molecule has 0 aromatic heterocycles. The van der Waals surface area contributed by atoms with Crippen LogP contribution in [-0.4, -0.2) is 67.3 Å². The van der Waals surface area contributed by atoms with Gasteiger partial charge < -0.3 is 14.4 Å². The van der Waals surface area contributed by atoms with Crippen molar-refractivity contribution in [2.45, 2.75) is 64.9 Å². The Morgan fingerprint density at radius 3 is 2.08 bits per heavy atom. The number of rotatable bonds is 8. The zero-order valence-corrected chi connectivity index (χ0v) is 15.8. The van der Waals surface area contributed by atoms with E-state index in [0.717, 1.165) is 52.0 Å². The van der Waals surface area contributed by atoms with Gasteiger partial charge in [0.25, 0.3) is 0 Å². The van der Waals surface area contributed by atoms with Gasteiger partial charge in [0.15, 0.2) is 0 Å². The fourth-order valence-electron chi connectivity index (χ4n) is 2.72. The second-order valence-electron chi connectivity index (χ2n) is 7.40. The van der Waals surface area contributed by atoms with Crippen LogP contribution in [0.25, 0.3) is 0 Å². The van der Waals surface area contributed by atoms with Crippen LogP contribution in [0.5, 0.6) is 0 Å². The fraction of sp³-hybridized carbons (Fsp3) is 0.889. The maximum atomic E-state index is 12.0. The van der Waals surface area contributed by atoms with E-state index in [9.17, 15) is 9.59 Å². The lowest BCUT2D eigenvalue weighted by Gasteiger charge is -2.35. The van der Waals surface area contributed by atoms with Gasteiger partial charge in [0, 0.05) is 32.6 Å². The van der Waals surface area contributed by atoms with E-state index < -0.39 is 5.60 Å². The zero-order chi connectivity index (χ0) is 18.0. The maximum absolute atomic E-state index is 12.0. The Labute approximate surface area is 146 Å². The zero-order valence-electron chi connectivity index (χ0n) is 15.8. The minimum atomic E-state index is -0.428. The molecule has 24 heavy (non-hydrogen) atoms. The largest absolute Gasteiger partial charge is 0.469 e. The molecule has 0 radical (unpaired) electrons. The molecule has 0 spiro atoms. The third-order valence-electron chi connectivity index (χ3n) is 4.11. The highest BCUT2D eigenvalue weighted by Crippen LogP contribution is 2.13. The molecule has 140 valence electrons. The van der Waals surface area contributed by atoms with Crippen LogP contribution in [0, 0.1) is 0 Å². The normalized spacial score (nSPS) is 16.1. The summed E-state index contributed by atoms with van der Waals surface area (Å²) >= 11 is 0. The molecule has 0 bridgehead atoms. The summed E-state index contributed by atoms with van der Waals surface area (Å²) in [7, 11) is 1.44. The minimum absolute atomic E-state index is 0.113. The van der Waals surface area contributed by atoms with Gasteiger partial charge in [-0.1, -0.05) is 19.3 Å². The van der Waals surface area contributed by atoms with Gasteiger partial charge in [-0.15, -0.1) is 0 Å². The van der Waals surface area contributed by atoms with Gasteiger partial charge in [0.05, 0.1) is 7.11 Å². The molecule has 0 unspecified atom stereocenters. The van der Waals surface area contributed by atoms with Crippen molar-refractivity contribution >= 4 is 12.1 Å². The van der Waals surface area contributed by atoms with Crippen LogP contribution in [0.3, 0.4) is 0 Å². The fourth-order valence-corrected chi connectivity index (χ4v) is 2.72. The number of methoxy groups -OCH3 is 1. The molecule has 6 nitrogen and oxygen atoms in total. The van der Waals surface area contributed by atoms with Crippen molar-refractivity contribution in [3.63, 3.8) is 0 Å². The predicted octanol–water partition coefficient (Wildman–Crippen LogP) is 3.05. The van der Waals surface area contributed by atoms with Crippen molar-refractivity contribution in [3.05, 3.63) is 0 Å². The lowest BCUT2D eigenvalue weighted by Crippen LogP contribution is -2.50. The van der Waals surface area contributed by atoms with Gasteiger partial charge in [-0.3, -0.25) is 9.69 Å². The summed E-state index contributed by atoms with van der Waals surface area (Å²) in [6, 6.07) is 0. The summed E-state index contributed by atoms with van der Waals surface area (Å²) in [5, 5.41) is 0. The number of hydrogen-bond acceptors (Lipinski definition) is 5. The first-order chi connectivity index (χ1) is 11.3. The monoisotopic (exact) mass is 342 g/mol. The van der Waals surface area contributed by atoms with Crippen molar-refractivity contribution in [2.75, 3.05) is 39.8 Å². The van der Waals surface area contributed by atoms with Crippen LogP contribution in [0.15, 0.2) is 0 Å². The smallest absolute Gasteiger partial charge is 0.410 e. The van der Waals surface area contributed by atoms with Gasteiger partial charge in [-0.25, -0.2) is 4.79 Å². The number of carbonyl (C=O) groups is 2. The van der Waals surface area contributed by atoms with Gasteiger partial charge in [0.1, 0.15) is 5.60 Å². The van der Waals surface area contributed by atoms with E-state index in [1.165, 1.54) is 20.0 Å². The third-order valence-corrected chi connectivity index (χ3v) is 4.11. The summed E-state index contributed by atoms with van der Waals surface area (Å²) in [5.74, 6) is -0.113. The van der Waals surface area contributed by atoms with Crippen molar-refractivity contribution in [3.8, 4) is 0 Å². The number of carbonyl (C=O) groups excluding carboxylic acids is 2. The van der Waals surface area contributed by atoms with Crippen LogP contribution in [0.2, 0.25) is 0 Å². The highest BCUT2D eigenvalue weighted by Gasteiger charge is 2.25. The van der Waals surface area contributed by atoms with Crippen LogP contribution >= 0.6 is 0 Å². The standard InChI is InChI=1S/C18H34N2O4/c1-18(2,3)24-17(22)20-14-12-19(13-15-20)11-9-7-5-6-8-10-16(21)23-4/h5-15H2,1-4H3. The Bertz CT molecular complexity index is 385. The van der Waals surface area contributed by atoms with E-state index in [4.69, 9.17) is 4.74 Å². The Balaban J connectivity index is 2.04. The third kappa shape index (κ3) is 9.11. The molecule has 1 aliphatic heterocycles. The van der Waals surface area contributed by atoms with Crippen molar-refractivity contribution in [2.24, 2.45) is 0 Å². The second-order valence-corrected chi connectivity index (χ2v) is 7.40. The van der Waals surface area contributed by atoms with Gasteiger partial charge in [-0.05, 0) is 40.2 Å². The van der Waals surface area contributed by atoms with Crippen molar-refractivity contribution in [1.29, 1.82) is 0 Å². The lowest BCUT2D eigenvalue weighted by atomic mass is 10.1. The number of piperazine rings is 1. The molecule has 1 heterocycles. The Morgan fingerprint density at radius 1 is 0.917 bits per heavy atom. The van der Waals surface area contributed by atoms with E-state index in [1.54, 1.807) is 4.90 Å². The molecule has 1 aliphatic rings. The lowest BCUT2D eigenvalue weighted by molar-refractivity contribution is -0.140. The van der Waals surface area contributed by atoms with Gasteiger partial charge in [0.2, 0.25) is 0 Å². The first-order valence-electron chi connectivity index (χ1n) is 9.09. The first-order valence-corrected chi connectivity index (χ1v) is 9.09. The molecule has 1 rings (SSSR count). The summed E-state index contributed by atoms with van der Waals surface area (Å²) in [6.45, 7) is 10.1. The Kier molecular flexibility index (Phi) is 9.11. The van der Waals surface area contributed by atoms with Crippen LogP contribution < -0.4 is 0 Å². The summed E-state index contributed by atoms with van der Waals surface area (Å²) < 4.78 is 10.0. The summed E-state index contributed by atoms with van der Waals surface area (Å²) in [6.07, 6.45) is 5.85. The number of amides is 1. The van der Waals surface area contributed by atoms with Crippen LogP contribution in [0.1, 0.15) is 59.3 Å². The molecule has 0 aromatic carbocycles. The number of hydrogen-bond donors (Lipinski definition) is 0. The van der Waals surface area contributed by atoms with E-state index >= 15 is 0 Å². The minimum Gasteiger partial charge on any atom is -0.469 e. The SMILES string of the molecule is COC(=O)CCCCCCCN1CCN(C(=O)OC(C)(C)C)CC1. The average molecular weight is 342 g/mol. The summed E-state index contributed by atoms with van der Waals surface area (Å²) in [5.41, 5.74) is -0.428. The molecule has 6 heteroatoms. The molecular formula is C18H34N2O4. The summed E-state index contributed by atoms with van der Waals surface area (Å²) in [4.78, 5) is 27.2. The average Bonchev–Trinajstić information content (AvgIpc) is 2.52. The van der Waals surface area contributed by atoms with Crippen molar-refractivity contribution in [1.82, 2.24) is 9.80 Å². The van der Waals surface area contributed by atoms with Gasteiger partial charge in [-0.2, -0.15) is 0 Å². The second kappa shape index (κ2) is 10.5. The van der Waals surface area contributed by atoms with Gasteiger partial charge >= 0.3 is 12.1 Å². The number of unbranched alkanes of at least 4 members (excludes halogenated alkanes) is 4. The first kappa shape index (κ1) is 20.7. The van der Waals surface area contributed by atoms with E-state index in [2.05, 4.69) is 9.64 Å². The van der Waals surface area contributed by atoms with E-state index in [1.807, 2.05) is 20.8 Å². The molecule has 1 fully saturated rings. The Hall–Kier alpha value is -1.30. The molecule has 1 amide bonds. The number of nitrogens with zero attached hydrogens (tertiary/aromatic N) is 2. The predicted molar refractivity (Wildman–Crippen MR) is 94.0 cm³/mol. The Morgan fingerprint density at radius 2 is 1.50 bits per heavy atom. The molecular weight excluding hydrogens is 308 g/mol. The van der Waals surface area contributed by atoms with Crippen molar-refractivity contribution < 1.29 is 19.1 Å². The highest BCUT2D eigenvalue weighted by molar-refractivity contribution is 5.69. The molecule has 0 aliphatic carbocycles. The molecule has 0 atom stereocenters. The molecule has 1 saturated heterocycles. The quantitative estimate of drug-likeness (QED) is 0.501. The van der Waals surface area contributed by atoms with Crippen LogP contribution in [-0.2, 0) is 14.3 Å². The number of esters is 1. The molecule has 0 saturated carbocycles. The maximum Gasteiger partial charge on any atom is 0.410 e. The van der Waals surface area contributed by atoms with E-state index in [-0.39, 0.29) is 12.1 Å². The molecule has 0 N–H and O–H groups in total. The highest BCUT2D eigenvalue weighted by atomic mass is 16.6. The number of ether oxygens (including phenoxy) is 2. The molecule has 0 aromatic rings. The topological polar surface area (TPSA) is 59.1 Å². The van der Waals surface area contributed by atoms with E-state index in [0.29, 0.717) is 6.42 Å². The van der Waals surface area contributed by atoms with Crippen LogP contribution in [0.4, 0.5) is 4.79 Å².